The Morgan fingerprint density at radius 3 is 1.74 bits per heavy atom. The first-order valence-electron chi connectivity index (χ1n) is 19.9. The van der Waals surface area contributed by atoms with Crippen molar-refractivity contribution in [3.8, 4) is 39.1 Å². The van der Waals surface area contributed by atoms with Crippen molar-refractivity contribution in [3.63, 3.8) is 0 Å². The lowest BCUT2D eigenvalue weighted by Gasteiger charge is -2.31. The van der Waals surface area contributed by atoms with Crippen molar-refractivity contribution in [2.75, 3.05) is 4.90 Å². The van der Waals surface area contributed by atoms with Crippen LogP contribution in [0.15, 0.2) is 206 Å². The van der Waals surface area contributed by atoms with Crippen LogP contribution in [-0.4, -0.2) is 4.57 Å². The van der Waals surface area contributed by atoms with Crippen molar-refractivity contribution in [1.29, 1.82) is 0 Å². The molecule has 0 fully saturated rings. The summed E-state index contributed by atoms with van der Waals surface area (Å²) >= 11 is 0. The van der Waals surface area contributed by atoms with Crippen LogP contribution >= 0.6 is 0 Å². The van der Waals surface area contributed by atoms with Crippen molar-refractivity contribution in [2.45, 2.75) is 19.3 Å². The van der Waals surface area contributed by atoms with Crippen LogP contribution in [0.3, 0.4) is 0 Å². The van der Waals surface area contributed by atoms with E-state index in [0.717, 1.165) is 22.7 Å². The fourth-order valence-electron chi connectivity index (χ4n) is 9.59. The van der Waals surface area contributed by atoms with Gasteiger partial charge in [0.1, 0.15) is 0 Å². The second-order valence-corrected chi connectivity index (χ2v) is 15.7. The van der Waals surface area contributed by atoms with Gasteiger partial charge in [-0.25, -0.2) is 0 Å². The molecule has 0 spiro atoms. The first-order chi connectivity index (χ1) is 28.1. The Morgan fingerprint density at radius 2 is 0.930 bits per heavy atom. The average molecular weight is 729 g/mol. The van der Waals surface area contributed by atoms with Crippen LogP contribution in [-0.2, 0) is 5.41 Å². The summed E-state index contributed by atoms with van der Waals surface area (Å²) in [4.78, 5) is 2.50. The summed E-state index contributed by atoms with van der Waals surface area (Å²) in [5.74, 6) is 0. The van der Waals surface area contributed by atoms with E-state index in [9.17, 15) is 0 Å². The molecular weight excluding hydrogens is 689 g/mol. The molecule has 0 amide bonds. The molecule has 0 radical (unpaired) electrons. The van der Waals surface area contributed by atoms with Gasteiger partial charge in [0, 0.05) is 38.7 Å². The molecule has 0 atom stereocenters. The van der Waals surface area contributed by atoms with Crippen LogP contribution in [0.25, 0.3) is 71.6 Å². The Bertz CT molecular complexity index is 3160. The highest BCUT2D eigenvalue weighted by atomic mass is 15.1. The molecule has 57 heavy (non-hydrogen) atoms. The molecule has 270 valence electrons. The van der Waals surface area contributed by atoms with E-state index in [2.05, 4.69) is 230 Å². The number of rotatable bonds is 6. The van der Waals surface area contributed by atoms with Gasteiger partial charge in [0.2, 0.25) is 0 Å². The minimum Gasteiger partial charge on any atom is -0.309 e. The van der Waals surface area contributed by atoms with Gasteiger partial charge in [0.05, 0.1) is 22.4 Å². The largest absolute Gasteiger partial charge is 0.309 e. The van der Waals surface area contributed by atoms with E-state index in [4.69, 9.17) is 0 Å². The van der Waals surface area contributed by atoms with Crippen LogP contribution in [0.1, 0.15) is 25.0 Å². The van der Waals surface area contributed by atoms with Crippen molar-refractivity contribution < 1.29 is 0 Å². The Morgan fingerprint density at radius 1 is 0.386 bits per heavy atom. The van der Waals surface area contributed by atoms with Crippen molar-refractivity contribution in [2.24, 2.45) is 0 Å². The molecule has 0 bridgehead atoms. The minimum absolute atomic E-state index is 0.104. The lowest BCUT2D eigenvalue weighted by atomic mass is 9.82. The van der Waals surface area contributed by atoms with E-state index >= 15 is 0 Å². The Labute approximate surface area is 333 Å². The molecule has 1 aliphatic rings. The summed E-state index contributed by atoms with van der Waals surface area (Å²) in [6.45, 7) is 4.72. The van der Waals surface area contributed by atoms with E-state index in [1.54, 1.807) is 0 Å². The van der Waals surface area contributed by atoms with Gasteiger partial charge in [0.25, 0.3) is 0 Å². The molecule has 11 rings (SSSR count). The SMILES string of the molecule is CC1(C)c2ccccc2-c2c(-c3ccccc3N(c3ccc4c5ccccc5n(-c5ccccc5)c4c3)c3ccccc3-c3cccc4ccccc34)cccc21. The highest BCUT2D eigenvalue weighted by Crippen LogP contribution is 2.54. The Balaban J connectivity index is 1.22. The molecule has 2 heteroatoms. The van der Waals surface area contributed by atoms with Crippen LogP contribution in [0.2, 0.25) is 0 Å². The highest BCUT2D eigenvalue weighted by molar-refractivity contribution is 6.11. The summed E-state index contributed by atoms with van der Waals surface area (Å²) in [6.07, 6.45) is 0. The maximum atomic E-state index is 2.50. The van der Waals surface area contributed by atoms with Gasteiger partial charge in [-0.1, -0.05) is 178 Å². The first-order valence-corrected chi connectivity index (χ1v) is 19.9. The predicted molar refractivity (Wildman–Crippen MR) is 241 cm³/mol. The van der Waals surface area contributed by atoms with Gasteiger partial charge in [-0.15, -0.1) is 0 Å². The zero-order chi connectivity index (χ0) is 38.1. The van der Waals surface area contributed by atoms with Crippen LogP contribution < -0.4 is 4.90 Å². The molecule has 0 saturated heterocycles. The van der Waals surface area contributed by atoms with Crippen LogP contribution in [0.4, 0.5) is 17.1 Å². The number of hydrogen-bond acceptors (Lipinski definition) is 1. The lowest BCUT2D eigenvalue weighted by molar-refractivity contribution is 0.660. The Hall–Kier alpha value is -7.16. The number of benzene rings is 9. The van der Waals surface area contributed by atoms with E-state index in [0.29, 0.717) is 0 Å². The zero-order valence-electron chi connectivity index (χ0n) is 32.0. The highest BCUT2D eigenvalue weighted by Gasteiger charge is 2.37. The molecule has 1 heterocycles. The number of fused-ring (bicyclic) bond motifs is 7. The van der Waals surface area contributed by atoms with E-state index < -0.39 is 0 Å². The average Bonchev–Trinajstić information content (AvgIpc) is 3.72. The topological polar surface area (TPSA) is 8.17 Å². The first kappa shape index (κ1) is 33.2. The quantitative estimate of drug-likeness (QED) is 0.165. The monoisotopic (exact) mass is 728 g/mol. The molecule has 0 N–H and O–H groups in total. The van der Waals surface area contributed by atoms with Gasteiger partial charge in [-0.2, -0.15) is 0 Å². The number of aromatic nitrogens is 1. The van der Waals surface area contributed by atoms with Gasteiger partial charge in [-0.3, -0.25) is 0 Å². The zero-order valence-corrected chi connectivity index (χ0v) is 32.0. The number of hydrogen-bond donors (Lipinski definition) is 0. The van der Waals surface area contributed by atoms with Crippen LogP contribution in [0, 0.1) is 0 Å². The van der Waals surface area contributed by atoms with Crippen molar-refractivity contribution in [1.82, 2.24) is 4.57 Å². The predicted octanol–water partition coefficient (Wildman–Crippen LogP) is 15.0. The normalized spacial score (nSPS) is 12.9. The maximum Gasteiger partial charge on any atom is 0.0561 e. The number of anilines is 3. The van der Waals surface area contributed by atoms with Crippen molar-refractivity contribution in [3.05, 3.63) is 217 Å². The van der Waals surface area contributed by atoms with Gasteiger partial charge in [0.15, 0.2) is 0 Å². The number of para-hydroxylation sites is 4. The summed E-state index contributed by atoms with van der Waals surface area (Å²) in [5.41, 5.74) is 17.0. The summed E-state index contributed by atoms with van der Waals surface area (Å²) in [6, 6.07) is 75.7. The molecule has 1 aliphatic carbocycles. The fourth-order valence-corrected chi connectivity index (χ4v) is 9.59. The Kier molecular flexibility index (Phi) is 7.55. The smallest absolute Gasteiger partial charge is 0.0561 e. The molecule has 1 aromatic heterocycles. The third kappa shape index (κ3) is 5.11. The maximum absolute atomic E-state index is 2.50. The van der Waals surface area contributed by atoms with E-state index in [-0.39, 0.29) is 5.41 Å². The van der Waals surface area contributed by atoms with E-state index in [1.165, 1.54) is 77.1 Å². The summed E-state index contributed by atoms with van der Waals surface area (Å²) in [7, 11) is 0. The van der Waals surface area contributed by atoms with Gasteiger partial charge < -0.3 is 9.47 Å². The standard InChI is InChI=1S/C55H40N2/c1-55(2)48-29-12-8-26-47(48)54-46(28-17-30-49(54)55)44-25-11-15-33-52(44)57(50-31-13-9-23-42(50)41-27-16-19-37-18-6-7-22-40(37)41)39-34-35-45-43-24-10-14-32-51(43)56(53(45)36-39)38-20-4-3-5-21-38/h3-36H,1-2H3. The molecule has 0 unspecified atom stereocenters. The molecular formula is C55H40N2. The molecule has 2 nitrogen and oxygen atoms in total. The second-order valence-electron chi connectivity index (χ2n) is 15.7. The molecule has 10 aromatic rings. The number of nitrogens with zero attached hydrogens (tertiary/aromatic N) is 2. The molecule has 0 saturated carbocycles. The summed E-state index contributed by atoms with van der Waals surface area (Å²) in [5, 5.41) is 4.94. The van der Waals surface area contributed by atoms with Crippen LogP contribution in [0.5, 0.6) is 0 Å². The third-order valence-corrected chi connectivity index (χ3v) is 12.2. The van der Waals surface area contributed by atoms with E-state index in [1.807, 2.05) is 0 Å². The fraction of sp³-hybridized carbons (Fsp3) is 0.0545. The molecule has 9 aromatic carbocycles. The lowest BCUT2D eigenvalue weighted by Crippen LogP contribution is -2.15. The summed E-state index contributed by atoms with van der Waals surface area (Å²) < 4.78 is 2.41. The third-order valence-electron chi connectivity index (χ3n) is 12.2. The van der Waals surface area contributed by atoms with Crippen molar-refractivity contribution >= 4 is 49.6 Å². The van der Waals surface area contributed by atoms with Gasteiger partial charge in [-0.05, 0) is 86.6 Å². The molecule has 0 aliphatic heterocycles. The second kappa shape index (κ2) is 13.0. The van der Waals surface area contributed by atoms with Gasteiger partial charge >= 0.3 is 0 Å². The minimum atomic E-state index is -0.104.